The molecule has 110 valence electrons. The largest absolute Gasteiger partial charge is 0.488 e. The number of para-hydroxylation sites is 1. The fourth-order valence-corrected chi connectivity index (χ4v) is 2.32. The van der Waals surface area contributed by atoms with Gasteiger partial charge >= 0.3 is 6.03 Å². The molecule has 2 amide bonds. The Morgan fingerprint density at radius 1 is 1.50 bits per heavy atom. The van der Waals surface area contributed by atoms with Gasteiger partial charge in [-0.2, -0.15) is 0 Å². The maximum Gasteiger partial charge on any atom is 0.315 e. The Labute approximate surface area is 119 Å². The van der Waals surface area contributed by atoms with Crippen LogP contribution in [0.2, 0.25) is 0 Å². The lowest BCUT2D eigenvalue weighted by Gasteiger charge is -2.16. The van der Waals surface area contributed by atoms with Crippen molar-refractivity contribution in [2.24, 2.45) is 0 Å². The minimum absolute atomic E-state index is 0.00546. The second-order valence-electron chi connectivity index (χ2n) is 5.17. The van der Waals surface area contributed by atoms with Crippen molar-refractivity contribution in [3.8, 4) is 5.75 Å². The maximum atomic E-state index is 11.7. The van der Waals surface area contributed by atoms with Crippen molar-refractivity contribution in [2.45, 2.75) is 38.3 Å². The zero-order valence-electron chi connectivity index (χ0n) is 11.8. The van der Waals surface area contributed by atoms with E-state index in [4.69, 9.17) is 9.84 Å². The highest BCUT2D eigenvalue weighted by Crippen LogP contribution is 2.27. The first-order chi connectivity index (χ1) is 9.69. The molecule has 20 heavy (non-hydrogen) atoms. The van der Waals surface area contributed by atoms with E-state index in [1.54, 1.807) is 0 Å². The van der Waals surface area contributed by atoms with Gasteiger partial charge in [-0.05, 0) is 31.4 Å². The van der Waals surface area contributed by atoms with Crippen LogP contribution in [0.3, 0.4) is 0 Å². The molecule has 1 aliphatic rings. The lowest BCUT2D eigenvalue weighted by atomic mass is 10.1. The minimum Gasteiger partial charge on any atom is -0.488 e. The number of ether oxygens (including phenoxy) is 1. The predicted molar refractivity (Wildman–Crippen MR) is 76.9 cm³/mol. The van der Waals surface area contributed by atoms with E-state index >= 15 is 0 Å². The number of fused-ring (bicyclic) bond motifs is 1. The maximum absolute atomic E-state index is 11.7. The molecule has 2 unspecified atom stereocenters. The van der Waals surface area contributed by atoms with Crippen LogP contribution in [0.4, 0.5) is 4.79 Å². The van der Waals surface area contributed by atoms with Crippen LogP contribution in [-0.2, 0) is 6.42 Å². The van der Waals surface area contributed by atoms with Gasteiger partial charge in [-0.25, -0.2) is 4.79 Å². The third kappa shape index (κ3) is 4.13. The van der Waals surface area contributed by atoms with E-state index in [2.05, 4.69) is 10.6 Å². The van der Waals surface area contributed by atoms with Crippen LogP contribution in [0.5, 0.6) is 5.75 Å². The van der Waals surface area contributed by atoms with E-state index < -0.39 is 0 Å². The molecule has 0 fully saturated rings. The Balaban J connectivity index is 1.68. The van der Waals surface area contributed by atoms with Gasteiger partial charge in [0.05, 0.1) is 6.54 Å². The van der Waals surface area contributed by atoms with E-state index in [1.807, 2.05) is 31.2 Å². The lowest BCUT2D eigenvalue weighted by Crippen LogP contribution is -2.44. The normalized spacial score (nSPS) is 18.0. The average Bonchev–Trinajstić information content (AvgIpc) is 2.85. The van der Waals surface area contributed by atoms with Gasteiger partial charge in [0.2, 0.25) is 0 Å². The number of nitrogens with one attached hydrogen (secondary N) is 2. The fourth-order valence-electron chi connectivity index (χ4n) is 2.32. The summed E-state index contributed by atoms with van der Waals surface area (Å²) in [6.45, 7) is 2.58. The summed E-state index contributed by atoms with van der Waals surface area (Å²) < 4.78 is 5.75. The number of benzene rings is 1. The molecule has 0 spiro atoms. The van der Waals surface area contributed by atoms with Gasteiger partial charge in [0.1, 0.15) is 11.9 Å². The van der Waals surface area contributed by atoms with E-state index in [0.29, 0.717) is 13.0 Å². The highest BCUT2D eigenvalue weighted by Gasteiger charge is 2.22. The fraction of sp³-hybridized carbons (Fsp3) is 0.533. The molecule has 0 saturated carbocycles. The molecule has 2 rings (SSSR count). The number of carbonyl (C=O) groups excluding carboxylic acids is 1. The minimum atomic E-state index is -0.185. The molecule has 2 atom stereocenters. The van der Waals surface area contributed by atoms with Gasteiger partial charge in [0, 0.05) is 19.1 Å². The van der Waals surface area contributed by atoms with Crippen molar-refractivity contribution in [3.05, 3.63) is 29.8 Å². The molecule has 5 nitrogen and oxygen atoms in total. The number of rotatable bonds is 6. The summed E-state index contributed by atoms with van der Waals surface area (Å²) in [4.78, 5) is 11.7. The number of hydrogen-bond donors (Lipinski definition) is 3. The van der Waals surface area contributed by atoms with Gasteiger partial charge in [-0.1, -0.05) is 18.2 Å². The SMILES string of the molecule is CC(CCCO)NC(=O)NCC1Cc2ccccc2O1. The molecular formula is C15H22N2O3. The van der Waals surface area contributed by atoms with Crippen molar-refractivity contribution in [2.75, 3.05) is 13.2 Å². The molecule has 1 aromatic rings. The quantitative estimate of drug-likeness (QED) is 0.737. The van der Waals surface area contributed by atoms with Crippen LogP contribution in [-0.4, -0.2) is 36.4 Å². The van der Waals surface area contributed by atoms with Crippen LogP contribution < -0.4 is 15.4 Å². The molecule has 3 N–H and O–H groups in total. The first-order valence-electron chi connectivity index (χ1n) is 7.09. The van der Waals surface area contributed by atoms with Crippen LogP contribution in [0, 0.1) is 0 Å². The van der Waals surface area contributed by atoms with Gasteiger partial charge in [-0.15, -0.1) is 0 Å². The van der Waals surface area contributed by atoms with Gasteiger partial charge in [0.25, 0.3) is 0 Å². The summed E-state index contributed by atoms with van der Waals surface area (Å²) in [5.74, 6) is 0.913. The molecule has 1 heterocycles. The molecule has 0 aliphatic carbocycles. The summed E-state index contributed by atoms with van der Waals surface area (Å²) >= 11 is 0. The molecular weight excluding hydrogens is 256 g/mol. The third-order valence-corrected chi connectivity index (χ3v) is 3.38. The molecule has 5 heteroatoms. The molecule has 0 aromatic heterocycles. The van der Waals surface area contributed by atoms with Gasteiger partial charge in [0.15, 0.2) is 0 Å². The first kappa shape index (κ1) is 14.7. The summed E-state index contributed by atoms with van der Waals surface area (Å²) in [6.07, 6.45) is 2.31. The standard InChI is InChI=1S/C15H22N2O3/c1-11(5-4-8-18)17-15(19)16-10-13-9-12-6-2-3-7-14(12)20-13/h2-3,6-7,11,13,18H,4-5,8-10H2,1H3,(H2,16,17,19). The number of aliphatic hydroxyl groups excluding tert-OH is 1. The highest BCUT2D eigenvalue weighted by molar-refractivity contribution is 5.74. The zero-order valence-corrected chi connectivity index (χ0v) is 11.8. The third-order valence-electron chi connectivity index (χ3n) is 3.38. The summed E-state index contributed by atoms with van der Waals surface area (Å²) in [5.41, 5.74) is 1.19. The first-order valence-corrected chi connectivity index (χ1v) is 7.09. The molecule has 1 aromatic carbocycles. The van der Waals surface area contributed by atoms with E-state index in [-0.39, 0.29) is 24.8 Å². The van der Waals surface area contributed by atoms with Crippen molar-refractivity contribution in [3.63, 3.8) is 0 Å². The monoisotopic (exact) mass is 278 g/mol. The Hall–Kier alpha value is -1.75. The van der Waals surface area contributed by atoms with Crippen LogP contribution in [0.1, 0.15) is 25.3 Å². The number of aliphatic hydroxyl groups is 1. The second-order valence-corrected chi connectivity index (χ2v) is 5.17. The molecule has 0 saturated heterocycles. The number of carbonyl (C=O) groups is 1. The topological polar surface area (TPSA) is 70.6 Å². The van der Waals surface area contributed by atoms with E-state index in [1.165, 1.54) is 5.56 Å². The van der Waals surface area contributed by atoms with Crippen LogP contribution in [0.15, 0.2) is 24.3 Å². The van der Waals surface area contributed by atoms with Crippen molar-refractivity contribution in [1.29, 1.82) is 0 Å². The highest BCUT2D eigenvalue weighted by atomic mass is 16.5. The van der Waals surface area contributed by atoms with Crippen molar-refractivity contribution in [1.82, 2.24) is 10.6 Å². The van der Waals surface area contributed by atoms with Crippen molar-refractivity contribution < 1.29 is 14.6 Å². The molecule has 0 bridgehead atoms. The Kier molecular flexibility index (Phi) is 5.24. The average molecular weight is 278 g/mol. The van der Waals surface area contributed by atoms with Gasteiger partial charge < -0.3 is 20.5 Å². The molecule has 0 radical (unpaired) electrons. The summed E-state index contributed by atoms with van der Waals surface area (Å²) in [5, 5.41) is 14.4. The molecule has 1 aliphatic heterocycles. The van der Waals surface area contributed by atoms with Crippen LogP contribution in [0.25, 0.3) is 0 Å². The van der Waals surface area contributed by atoms with Crippen LogP contribution >= 0.6 is 0 Å². The van der Waals surface area contributed by atoms with Crippen molar-refractivity contribution >= 4 is 6.03 Å². The Morgan fingerprint density at radius 3 is 3.05 bits per heavy atom. The van der Waals surface area contributed by atoms with Gasteiger partial charge in [-0.3, -0.25) is 0 Å². The lowest BCUT2D eigenvalue weighted by molar-refractivity contribution is 0.211. The zero-order chi connectivity index (χ0) is 14.4. The van der Waals surface area contributed by atoms with E-state index in [0.717, 1.165) is 18.6 Å². The Morgan fingerprint density at radius 2 is 2.30 bits per heavy atom. The predicted octanol–water partition coefficient (Wildman–Crippen LogP) is 1.45. The second kappa shape index (κ2) is 7.14. The Bertz CT molecular complexity index is 425. The summed E-state index contributed by atoms with van der Waals surface area (Å²) in [7, 11) is 0. The smallest absolute Gasteiger partial charge is 0.315 e. The summed E-state index contributed by atoms with van der Waals surface area (Å²) in [6, 6.07) is 7.81. The van der Waals surface area contributed by atoms with E-state index in [9.17, 15) is 4.79 Å². The number of hydrogen-bond acceptors (Lipinski definition) is 3. The number of urea groups is 1. The number of amides is 2.